The van der Waals surface area contributed by atoms with Gasteiger partial charge in [-0.1, -0.05) is 25.5 Å². The van der Waals surface area contributed by atoms with Crippen LogP contribution in [0.25, 0.3) is 10.2 Å². The fourth-order valence-electron chi connectivity index (χ4n) is 2.17. The van der Waals surface area contributed by atoms with Crippen LogP contribution in [0.2, 0.25) is 0 Å². The van der Waals surface area contributed by atoms with Crippen molar-refractivity contribution in [2.45, 2.75) is 39.5 Å². The lowest BCUT2D eigenvalue weighted by Gasteiger charge is -2.10. The zero-order chi connectivity index (χ0) is 15.6. The fourth-order valence-corrected chi connectivity index (χ4v) is 3.18. The van der Waals surface area contributed by atoms with Gasteiger partial charge in [0.05, 0.1) is 15.2 Å². The summed E-state index contributed by atoms with van der Waals surface area (Å²) in [6.07, 6.45) is 4.40. The van der Waals surface area contributed by atoms with Crippen LogP contribution in [0.3, 0.4) is 0 Å². The molecule has 0 aliphatic carbocycles. The average Bonchev–Trinajstić information content (AvgIpc) is 2.94. The second kappa shape index (κ2) is 11.6. The zero-order valence-electron chi connectivity index (χ0n) is 14.0. The highest BCUT2D eigenvalue weighted by Crippen LogP contribution is 2.22. The zero-order valence-corrected chi connectivity index (χ0v) is 17.1. The molecule has 2 aromatic rings. The number of nitrogens with zero attached hydrogens (tertiary/aromatic N) is 2. The van der Waals surface area contributed by atoms with E-state index in [4.69, 9.17) is 0 Å². The van der Waals surface area contributed by atoms with E-state index in [0.717, 1.165) is 44.0 Å². The molecular weight excluding hydrogens is 419 g/mol. The Balaban J connectivity index is 0.00000264. The number of aryl methyl sites for hydroxylation is 1. The lowest BCUT2D eigenvalue weighted by atomic mass is 10.3. The Hall–Kier alpha value is -0.890. The van der Waals surface area contributed by atoms with E-state index in [-0.39, 0.29) is 24.0 Å². The van der Waals surface area contributed by atoms with E-state index in [0.29, 0.717) is 0 Å². The lowest BCUT2D eigenvalue weighted by molar-refractivity contribution is 0.725. The van der Waals surface area contributed by atoms with Gasteiger partial charge in [0.2, 0.25) is 0 Å². The number of thiazole rings is 1. The summed E-state index contributed by atoms with van der Waals surface area (Å²) in [5, 5.41) is 7.86. The molecular formula is C17H27IN4S. The number of benzene rings is 1. The van der Waals surface area contributed by atoms with Crippen LogP contribution in [0, 0.1) is 0 Å². The SMILES string of the molecule is CCCCNC(=NCCCc1nc2ccccc2s1)NCC.I. The molecule has 1 aromatic heterocycles. The molecule has 0 saturated carbocycles. The molecule has 0 amide bonds. The molecule has 0 radical (unpaired) electrons. The number of unbranched alkanes of at least 4 members (excludes halogenated alkanes) is 1. The Morgan fingerprint density at radius 3 is 2.74 bits per heavy atom. The van der Waals surface area contributed by atoms with Crippen LogP contribution in [0.4, 0.5) is 0 Å². The second-order valence-electron chi connectivity index (χ2n) is 5.22. The largest absolute Gasteiger partial charge is 0.357 e. The van der Waals surface area contributed by atoms with Crippen LogP contribution in [0.15, 0.2) is 29.3 Å². The van der Waals surface area contributed by atoms with Crippen molar-refractivity contribution in [3.8, 4) is 0 Å². The molecule has 0 atom stereocenters. The molecule has 0 aliphatic rings. The van der Waals surface area contributed by atoms with Crippen molar-refractivity contribution in [2.75, 3.05) is 19.6 Å². The molecule has 6 heteroatoms. The first-order valence-electron chi connectivity index (χ1n) is 8.20. The lowest BCUT2D eigenvalue weighted by Crippen LogP contribution is -2.37. The monoisotopic (exact) mass is 446 g/mol. The van der Waals surface area contributed by atoms with Gasteiger partial charge in [-0.3, -0.25) is 4.99 Å². The molecule has 2 rings (SSSR count). The normalized spacial score (nSPS) is 11.3. The number of rotatable bonds is 8. The third-order valence-corrected chi connectivity index (χ3v) is 4.42. The Morgan fingerprint density at radius 1 is 1.17 bits per heavy atom. The second-order valence-corrected chi connectivity index (χ2v) is 6.34. The first kappa shape index (κ1) is 20.2. The minimum absolute atomic E-state index is 0. The Morgan fingerprint density at radius 2 is 2.00 bits per heavy atom. The summed E-state index contributed by atoms with van der Waals surface area (Å²) in [6, 6.07) is 8.32. The summed E-state index contributed by atoms with van der Waals surface area (Å²) in [6.45, 7) is 7.01. The van der Waals surface area contributed by atoms with Crippen molar-refractivity contribution in [3.63, 3.8) is 0 Å². The van der Waals surface area contributed by atoms with Gasteiger partial charge in [-0.25, -0.2) is 4.98 Å². The van der Waals surface area contributed by atoms with E-state index in [1.54, 1.807) is 11.3 Å². The summed E-state index contributed by atoms with van der Waals surface area (Å²) in [7, 11) is 0. The van der Waals surface area contributed by atoms with E-state index in [1.165, 1.54) is 22.5 Å². The quantitative estimate of drug-likeness (QED) is 0.277. The number of hydrogen-bond acceptors (Lipinski definition) is 3. The summed E-state index contributed by atoms with van der Waals surface area (Å²) < 4.78 is 1.27. The number of hydrogen-bond donors (Lipinski definition) is 2. The number of guanidine groups is 1. The molecule has 128 valence electrons. The number of aliphatic imine (C=N–C) groups is 1. The fraction of sp³-hybridized carbons (Fsp3) is 0.529. The molecule has 4 nitrogen and oxygen atoms in total. The van der Waals surface area contributed by atoms with Crippen molar-refractivity contribution < 1.29 is 0 Å². The number of fused-ring (bicyclic) bond motifs is 1. The van der Waals surface area contributed by atoms with Gasteiger partial charge in [0, 0.05) is 26.1 Å². The van der Waals surface area contributed by atoms with Crippen LogP contribution < -0.4 is 10.6 Å². The van der Waals surface area contributed by atoms with Gasteiger partial charge in [-0.2, -0.15) is 0 Å². The standard InChI is InChI=1S/C17H26N4S.HI/c1-3-5-12-19-17(18-4-2)20-13-8-11-16-21-14-9-6-7-10-15(14)22-16;/h6-7,9-10H,3-5,8,11-13H2,1-2H3,(H2,18,19,20);1H. The van der Waals surface area contributed by atoms with Crippen molar-refractivity contribution in [2.24, 2.45) is 4.99 Å². The van der Waals surface area contributed by atoms with Gasteiger partial charge in [0.25, 0.3) is 0 Å². The predicted molar refractivity (Wildman–Crippen MR) is 112 cm³/mol. The van der Waals surface area contributed by atoms with E-state index in [2.05, 4.69) is 52.7 Å². The number of aromatic nitrogens is 1. The maximum absolute atomic E-state index is 4.67. The van der Waals surface area contributed by atoms with Gasteiger partial charge in [0.15, 0.2) is 5.96 Å². The van der Waals surface area contributed by atoms with Gasteiger partial charge < -0.3 is 10.6 Å². The maximum atomic E-state index is 4.67. The Bertz CT molecular complexity index is 564. The van der Waals surface area contributed by atoms with Crippen molar-refractivity contribution in [3.05, 3.63) is 29.3 Å². The van der Waals surface area contributed by atoms with Crippen molar-refractivity contribution in [1.82, 2.24) is 15.6 Å². The first-order valence-corrected chi connectivity index (χ1v) is 9.01. The van der Waals surface area contributed by atoms with Gasteiger partial charge in [0.1, 0.15) is 0 Å². The van der Waals surface area contributed by atoms with Crippen molar-refractivity contribution in [1.29, 1.82) is 0 Å². The summed E-state index contributed by atoms with van der Waals surface area (Å²) in [5.41, 5.74) is 1.11. The van der Waals surface area contributed by atoms with Gasteiger partial charge in [-0.15, -0.1) is 35.3 Å². The van der Waals surface area contributed by atoms with Crippen LogP contribution in [-0.4, -0.2) is 30.6 Å². The molecule has 1 aromatic carbocycles. The molecule has 0 spiro atoms. The maximum Gasteiger partial charge on any atom is 0.191 e. The Kier molecular flexibility index (Phi) is 10.2. The van der Waals surface area contributed by atoms with Crippen molar-refractivity contribution >= 4 is 51.5 Å². The third-order valence-electron chi connectivity index (χ3n) is 3.32. The van der Waals surface area contributed by atoms with Crippen LogP contribution in [0.5, 0.6) is 0 Å². The number of para-hydroxylation sites is 1. The Labute approximate surface area is 160 Å². The minimum Gasteiger partial charge on any atom is -0.357 e. The average molecular weight is 446 g/mol. The summed E-state index contributed by atoms with van der Waals surface area (Å²) in [4.78, 5) is 9.29. The van der Waals surface area contributed by atoms with E-state index in [1.807, 2.05) is 6.07 Å². The van der Waals surface area contributed by atoms with E-state index < -0.39 is 0 Å². The molecule has 1 heterocycles. The predicted octanol–water partition coefficient (Wildman–Crippen LogP) is 4.20. The summed E-state index contributed by atoms with van der Waals surface area (Å²) in [5.74, 6) is 0.931. The van der Waals surface area contributed by atoms with E-state index >= 15 is 0 Å². The van der Waals surface area contributed by atoms with Crippen LogP contribution in [-0.2, 0) is 6.42 Å². The first-order chi connectivity index (χ1) is 10.8. The smallest absolute Gasteiger partial charge is 0.191 e. The van der Waals surface area contributed by atoms with Crippen LogP contribution in [0.1, 0.15) is 38.1 Å². The van der Waals surface area contributed by atoms with Gasteiger partial charge in [-0.05, 0) is 31.9 Å². The molecule has 2 N–H and O–H groups in total. The molecule has 0 saturated heterocycles. The van der Waals surface area contributed by atoms with Crippen LogP contribution >= 0.6 is 35.3 Å². The third kappa shape index (κ3) is 7.03. The molecule has 23 heavy (non-hydrogen) atoms. The highest BCUT2D eigenvalue weighted by molar-refractivity contribution is 14.0. The minimum atomic E-state index is 0. The molecule has 0 aliphatic heterocycles. The highest BCUT2D eigenvalue weighted by Gasteiger charge is 2.02. The highest BCUT2D eigenvalue weighted by atomic mass is 127. The summed E-state index contributed by atoms with van der Waals surface area (Å²) >= 11 is 1.79. The molecule has 0 bridgehead atoms. The van der Waals surface area contributed by atoms with Gasteiger partial charge >= 0.3 is 0 Å². The number of nitrogens with one attached hydrogen (secondary N) is 2. The molecule has 0 fully saturated rings. The topological polar surface area (TPSA) is 49.3 Å². The van der Waals surface area contributed by atoms with E-state index in [9.17, 15) is 0 Å². The molecule has 0 unspecified atom stereocenters. The number of halogens is 1.